The molecular weight excluding hydrogens is 304 g/mol. The Hall–Kier alpha value is -1.81. The summed E-state index contributed by atoms with van der Waals surface area (Å²) in [5.41, 5.74) is 8.85. The van der Waals surface area contributed by atoms with Gasteiger partial charge < -0.3 is 10.7 Å². The summed E-state index contributed by atoms with van der Waals surface area (Å²) >= 11 is 3.51. The van der Waals surface area contributed by atoms with Crippen molar-refractivity contribution in [3.63, 3.8) is 0 Å². The van der Waals surface area contributed by atoms with Crippen LogP contribution in [0.25, 0.3) is 21.8 Å². The maximum Gasteiger partial charge on any atom is 0.250 e. The lowest BCUT2D eigenvalue weighted by molar-refractivity contribution is 0.100. The van der Waals surface area contributed by atoms with Gasteiger partial charge in [-0.3, -0.25) is 4.79 Å². The van der Waals surface area contributed by atoms with Crippen LogP contribution in [-0.4, -0.2) is 10.9 Å². The van der Waals surface area contributed by atoms with Gasteiger partial charge in [-0.25, -0.2) is 0 Å². The van der Waals surface area contributed by atoms with Gasteiger partial charge in [-0.15, -0.1) is 0 Å². The van der Waals surface area contributed by atoms with Gasteiger partial charge in [0, 0.05) is 10.8 Å². The van der Waals surface area contributed by atoms with Crippen molar-refractivity contribution in [3.8, 4) is 0 Å². The second-order valence-electron chi connectivity index (χ2n) is 4.48. The lowest BCUT2D eigenvalue weighted by atomic mass is 10.1. The highest BCUT2D eigenvalue weighted by Gasteiger charge is 2.14. The monoisotopic (exact) mass is 315 g/mol. The summed E-state index contributed by atoms with van der Waals surface area (Å²) in [6.45, 7) is 2.00. The SMILES string of the molecule is C[C](Br)c1cccc2c1[nH]c1c(C(N)=O)cccc12. The van der Waals surface area contributed by atoms with Crippen LogP contribution in [0.2, 0.25) is 0 Å². The van der Waals surface area contributed by atoms with Crippen LogP contribution in [0.5, 0.6) is 0 Å². The molecule has 1 radical (unpaired) electrons. The minimum Gasteiger partial charge on any atom is -0.366 e. The summed E-state index contributed by atoms with van der Waals surface area (Å²) in [5.74, 6) is -0.418. The zero-order valence-electron chi connectivity index (χ0n) is 10.3. The van der Waals surface area contributed by atoms with Crippen molar-refractivity contribution in [2.45, 2.75) is 6.92 Å². The van der Waals surface area contributed by atoms with Crippen LogP contribution < -0.4 is 5.73 Å². The summed E-state index contributed by atoms with van der Waals surface area (Å²) in [7, 11) is 0. The molecule has 3 rings (SSSR count). The van der Waals surface area contributed by atoms with Gasteiger partial charge in [-0.1, -0.05) is 46.3 Å². The molecule has 3 N–H and O–H groups in total. The second-order valence-corrected chi connectivity index (χ2v) is 5.67. The van der Waals surface area contributed by atoms with Crippen molar-refractivity contribution in [1.29, 1.82) is 0 Å². The number of hydrogen-bond donors (Lipinski definition) is 2. The maximum absolute atomic E-state index is 11.5. The number of carbonyl (C=O) groups is 1. The smallest absolute Gasteiger partial charge is 0.250 e. The largest absolute Gasteiger partial charge is 0.366 e. The summed E-state index contributed by atoms with van der Waals surface area (Å²) in [6.07, 6.45) is 0. The fourth-order valence-corrected chi connectivity index (χ4v) is 2.77. The van der Waals surface area contributed by atoms with Gasteiger partial charge in [0.05, 0.1) is 21.4 Å². The van der Waals surface area contributed by atoms with Gasteiger partial charge >= 0.3 is 0 Å². The zero-order valence-corrected chi connectivity index (χ0v) is 11.9. The molecule has 1 heterocycles. The predicted molar refractivity (Wildman–Crippen MR) is 81.3 cm³/mol. The Labute approximate surface area is 118 Å². The zero-order chi connectivity index (χ0) is 13.6. The summed E-state index contributed by atoms with van der Waals surface area (Å²) in [6, 6.07) is 11.7. The van der Waals surface area contributed by atoms with E-state index in [9.17, 15) is 4.79 Å². The van der Waals surface area contributed by atoms with E-state index in [4.69, 9.17) is 5.73 Å². The Kier molecular flexibility index (Phi) is 2.82. The number of primary amides is 1. The third kappa shape index (κ3) is 1.83. The molecule has 0 saturated carbocycles. The molecule has 0 spiro atoms. The number of aromatic nitrogens is 1. The highest BCUT2D eigenvalue weighted by atomic mass is 79.9. The Morgan fingerprint density at radius 1 is 1.05 bits per heavy atom. The van der Waals surface area contributed by atoms with E-state index >= 15 is 0 Å². The number of H-pyrrole nitrogens is 1. The predicted octanol–water partition coefficient (Wildman–Crippen LogP) is 3.71. The number of rotatable bonds is 2. The van der Waals surface area contributed by atoms with Gasteiger partial charge in [0.15, 0.2) is 0 Å². The van der Waals surface area contributed by atoms with Crippen LogP contribution in [0.3, 0.4) is 0 Å². The first-order valence-electron chi connectivity index (χ1n) is 5.92. The molecule has 0 aliphatic rings. The quantitative estimate of drug-likeness (QED) is 0.744. The number of halogens is 1. The van der Waals surface area contributed by atoms with Crippen molar-refractivity contribution in [3.05, 3.63) is 52.4 Å². The van der Waals surface area contributed by atoms with Crippen molar-refractivity contribution < 1.29 is 4.79 Å². The molecule has 0 atom stereocenters. The van der Waals surface area contributed by atoms with Gasteiger partial charge in [-0.05, 0) is 18.6 Å². The molecule has 2 aromatic carbocycles. The molecule has 95 valence electrons. The van der Waals surface area contributed by atoms with Gasteiger partial charge in [0.25, 0.3) is 5.91 Å². The molecule has 1 amide bonds. The number of aromatic amines is 1. The third-order valence-electron chi connectivity index (χ3n) is 3.31. The molecule has 0 saturated heterocycles. The summed E-state index contributed by atoms with van der Waals surface area (Å²) < 4.78 is 0. The fraction of sp³-hybridized carbons (Fsp3) is 0.0667. The van der Waals surface area contributed by atoms with Crippen LogP contribution in [0.1, 0.15) is 22.8 Å². The van der Waals surface area contributed by atoms with Gasteiger partial charge in [-0.2, -0.15) is 0 Å². The highest BCUT2D eigenvalue weighted by molar-refractivity contribution is 9.11. The number of nitrogens with one attached hydrogen (secondary N) is 1. The number of amides is 1. The Balaban J connectivity index is 2.48. The molecule has 3 aromatic rings. The number of benzene rings is 2. The van der Waals surface area contributed by atoms with Crippen molar-refractivity contribution in [2.24, 2.45) is 5.73 Å². The van der Waals surface area contributed by atoms with E-state index in [0.29, 0.717) is 5.56 Å². The summed E-state index contributed by atoms with van der Waals surface area (Å²) in [5, 5.41) is 2.11. The molecule has 1 aromatic heterocycles. The first-order valence-corrected chi connectivity index (χ1v) is 6.71. The van der Waals surface area contributed by atoms with E-state index < -0.39 is 5.91 Å². The van der Waals surface area contributed by atoms with Crippen LogP contribution in [0.15, 0.2) is 36.4 Å². The topological polar surface area (TPSA) is 58.9 Å². The van der Waals surface area contributed by atoms with Crippen LogP contribution in [-0.2, 0) is 0 Å². The lowest BCUT2D eigenvalue weighted by Crippen LogP contribution is -2.11. The third-order valence-corrected chi connectivity index (χ3v) is 3.73. The average Bonchev–Trinajstić information content (AvgIpc) is 2.76. The Morgan fingerprint density at radius 2 is 1.58 bits per heavy atom. The van der Waals surface area contributed by atoms with E-state index in [-0.39, 0.29) is 0 Å². The number of hydrogen-bond acceptors (Lipinski definition) is 1. The normalized spacial score (nSPS) is 11.5. The van der Waals surface area contributed by atoms with E-state index in [2.05, 4.69) is 20.9 Å². The molecule has 3 nitrogen and oxygen atoms in total. The van der Waals surface area contributed by atoms with Crippen molar-refractivity contribution in [1.82, 2.24) is 4.98 Å². The fourth-order valence-electron chi connectivity index (χ4n) is 2.44. The van der Waals surface area contributed by atoms with Gasteiger partial charge in [0.2, 0.25) is 0 Å². The Bertz CT molecular complexity index is 789. The van der Waals surface area contributed by atoms with Crippen LogP contribution in [0.4, 0.5) is 0 Å². The van der Waals surface area contributed by atoms with E-state index in [1.54, 1.807) is 6.07 Å². The number of para-hydroxylation sites is 2. The van der Waals surface area contributed by atoms with E-state index in [1.165, 1.54) is 0 Å². The average molecular weight is 316 g/mol. The molecule has 0 unspecified atom stereocenters. The molecular formula is C15H12BrN2O. The Morgan fingerprint density at radius 3 is 2.11 bits per heavy atom. The molecule has 0 fully saturated rings. The molecule has 0 aliphatic heterocycles. The van der Waals surface area contributed by atoms with Crippen LogP contribution >= 0.6 is 15.9 Å². The van der Waals surface area contributed by atoms with E-state index in [1.807, 2.05) is 37.3 Å². The minimum atomic E-state index is -0.418. The standard InChI is InChI=1S/C15H12BrN2O/c1-8(16)9-4-2-5-10-11-6-3-7-12(15(17)19)14(11)18-13(9)10/h2-7,18H,1H3,(H2,17,19). The van der Waals surface area contributed by atoms with Gasteiger partial charge in [0.1, 0.15) is 0 Å². The number of nitrogens with two attached hydrogens (primary N) is 1. The summed E-state index contributed by atoms with van der Waals surface area (Å²) in [4.78, 5) is 15.9. The molecule has 4 heteroatoms. The van der Waals surface area contributed by atoms with Crippen LogP contribution in [0, 0.1) is 4.83 Å². The molecule has 0 bridgehead atoms. The maximum atomic E-state index is 11.5. The number of carbonyl (C=O) groups excluding carboxylic acids is 1. The first kappa shape index (κ1) is 12.2. The highest BCUT2D eigenvalue weighted by Crippen LogP contribution is 2.33. The van der Waals surface area contributed by atoms with E-state index in [0.717, 1.165) is 32.2 Å². The van der Waals surface area contributed by atoms with Crippen molar-refractivity contribution >= 4 is 43.6 Å². The molecule has 19 heavy (non-hydrogen) atoms. The second kappa shape index (κ2) is 4.38. The number of fused-ring (bicyclic) bond motifs is 3. The van der Waals surface area contributed by atoms with Crippen molar-refractivity contribution in [2.75, 3.05) is 0 Å². The minimum absolute atomic E-state index is 0.418. The first-order chi connectivity index (χ1) is 9.09. The lowest BCUT2D eigenvalue weighted by Gasteiger charge is -2.03. The molecule has 0 aliphatic carbocycles.